The second-order valence-electron chi connectivity index (χ2n) is 9.20. The minimum Gasteiger partial charge on any atom is -0.508 e. The highest BCUT2D eigenvalue weighted by molar-refractivity contribution is 5.32. The van der Waals surface area contributed by atoms with Crippen molar-refractivity contribution in [3.63, 3.8) is 0 Å². The van der Waals surface area contributed by atoms with Gasteiger partial charge in [-0.1, -0.05) is 32.8 Å². The highest BCUT2D eigenvalue weighted by Crippen LogP contribution is 2.66. The quantitative estimate of drug-likeness (QED) is 0.715. The van der Waals surface area contributed by atoms with Gasteiger partial charge < -0.3 is 10.2 Å². The number of aliphatic hydroxyl groups excluding tert-OH is 2. The molecule has 4 rings (SSSR count). The average Bonchev–Trinajstić information content (AvgIpc) is 2.77. The summed E-state index contributed by atoms with van der Waals surface area (Å²) in [5.74, 6) is 3.15. The van der Waals surface area contributed by atoms with E-state index in [0.29, 0.717) is 23.0 Å². The lowest BCUT2D eigenvalue weighted by Gasteiger charge is -2.57. The van der Waals surface area contributed by atoms with Gasteiger partial charge in [0.1, 0.15) is 5.76 Å². The SMILES string of the molecule is CC[C@H]1[C@H](O)C[C@H]2[C@@H]3CCC4=CC(O)=CC[C@]4(C)[C@H]3CC[C@@]21C. The third-order valence-corrected chi connectivity index (χ3v) is 8.48. The summed E-state index contributed by atoms with van der Waals surface area (Å²) in [6, 6.07) is 0. The largest absolute Gasteiger partial charge is 0.508 e. The van der Waals surface area contributed by atoms with Crippen molar-refractivity contribution in [1.82, 2.24) is 0 Å². The average molecular weight is 316 g/mol. The molecule has 0 bridgehead atoms. The molecular formula is C21H32O2. The van der Waals surface area contributed by atoms with Crippen molar-refractivity contribution in [1.29, 1.82) is 0 Å². The van der Waals surface area contributed by atoms with Gasteiger partial charge in [0, 0.05) is 0 Å². The van der Waals surface area contributed by atoms with Gasteiger partial charge in [-0.25, -0.2) is 0 Å². The van der Waals surface area contributed by atoms with Crippen LogP contribution in [0.4, 0.5) is 0 Å². The Morgan fingerprint density at radius 3 is 2.74 bits per heavy atom. The lowest BCUT2D eigenvalue weighted by atomic mass is 9.47. The van der Waals surface area contributed by atoms with Crippen molar-refractivity contribution in [2.24, 2.45) is 34.5 Å². The van der Waals surface area contributed by atoms with Gasteiger partial charge in [0.2, 0.25) is 0 Å². The number of allylic oxidation sites excluding steroid dienone is 3. The Bertz CT molecular complexity index is 562. The molecule has 0 heterocycles. The maximum atomic E-state index is 10.7. The molecule has 2 nitrogen and oxygen atoms in total. The van der Waals surface area contributed by atoms with E-state index in [-0.39, 0.29) is 11.5 Å². The summed E-state index contributed by atoms with van der Waals surface area (Å²) >= 11 is 0. The monoisotopic (exact) mass is 316 g/mol. The van der Waals surface area contributed by atoms with Gasteiger partial charge in [-0.3, -0.25) is 0 Å². The number of fused-ring (bicyclic) bond motifs is 5. The Morgan fingerprint density at radius 1 is 1.22 bits per heavy atom. The minimum atomic E-state index is -0.0891. The van der Waals surface area contributed by atoms with Crippen LogP contribution in [0, 0.1) is 34.5 Å². The Morgan fingerprint density at radius 2 is 2.00 bits per heavy atom. The van der Waals surface area contributed by atoms with Gasteiger partial charge in [-0.05, 0) is 85.2 Å². The van der Waals surface area contributed by atoms with Crippen molar-refractivity contribution in [2.45, 2.75) is 71.8 Å². The minimum absolute atomic E-state index is 0.0891. The predicted molar refractivity (Wildman–Crippen MR) is 93.0 cm³/mol. The van der Waals surface area contributed by atoms with Crippen LogP contribution < -0.4 is 0 Å². The Kier molecular flexibility index (Phi) is 3.50. The maximum Gasteiger partial charge on any atom is 0.111 e. The smallest absolute Gasteiger partial charge is 0.111 e. The van der Waals surface area contributed by atoms with E-state index < -0.39 is 0 Å². The molecule has 23 heavy (non-hydrogen) atoms. The number of rotatable bonds is 1. The molecule has 0 aromatic rings. The normalized spacial score (nSPS) is 52.1. The molecule has 0 unspecified atom stereocenters. The fourth-order valence-corrected chi connectivity index (χ4v) is 7.25. The summed E-state index contributed by atoms with van der Waals surface area (Å²) in [6.45, 7) is 7.16. The van der Waals surface area contributed by atoms with Crippen LogP contribution in [0.3, 0.4) is 0 Å². The third-order valence-electron chi connectivity index (χ3n) is 8.48. The Balaban J connectivity index is 1.67. The number of hydrogen-bond donors (Lipinski definition) is 2. The molecule has 0 aromatic carbocycles. The molecule has 4 aliphatic carbocycles. The lowest BCUT2D eigenvalue weighted by Crippen LogP contribution is -2.49. The maximum absolute atomic E-state index is 10.7. The van der Waals surface area contributed by atoms with Crippen LogP contribution >= 0.6 is 0 Å². The van der Waals surface area contributed by atoms with Gasteiger partial charge in [-0.2, -0.15) is 0 Å². The van der Waals surface area contributed by atoms with Crippen molar-refractivity contribution >= 4 is 0 Å². The van der Waals surface area contributed by atoms with E-state index in [1.807, 2.05) is 12.2 Å². The third kappa shape index (κ3) is 2.03. The van der Waals surface area contributed by atoms with E-state index >= 15 is 0 Å². The summed E-state index contributed by atoms with van der Waals surface area (Å²) in [4.78, 5) is 0. The molecule has 0 spiro atoms. The van der Waals surface area contributed by atoms with E-state index in [1.54, 1.807) is 0 Å². The van der Waals surface area contributed by atoms with Gasteiger partial charge in [0.05, 0.1) is 6.10 Å². The molecule has 0 amide bonds. The summed E-state index contributed by atoms with van der Waals surface area (Å²) in [6.07, 6.45) is 12.1. The van der Waals surface area contributed by atoms with Crippen LogP contribution in [0.2, 0.25) is 0 Å². The van der Waals surface area contributed by atoms with Crippen LogP contribution in [0.25, 0.3) is 0 Å². The second kappa shape index (κ2) is 5.12. The van der Waals surface area contributed by atoms with Crippen molar-refractivity contribution in [2.75, 3.05) is 0 Å². The van der Waals surface area contributed by atoms with Crippen molar-refractivity contribution in [3.8, 4) is 0 Å². The van der Waals surface area contributed by atoms with Gasteiger partial charge in [0.25, 0.3) is 0 Å². The van der Waals surface area contributed by atoms with Crippen LogP contribution in [0.5, 0.6) is 0 Å². The fourth-order valence-electron chi connectivity index (χ4n) is 7.25. The van der Waals surface area contributed by atoms with Crippen molar-refractivity contribution in [3.05, 3.63) is 23.5 Å². The van der Waals surface area contributed by atoms with E-state index in [2.05, 4.69) is 20.8 Å². The van der Waals surface area contributed by atoms with Crippen LogP contribution in [-0.2, 0) is 0 Å². The summed E-state index contributed by atoms with van der Waals surface area (Å²) in [5, 5.41) is 20.6. The molecule has 4 aliphatic rings. The highest BCUT2D eigenvalue weighted by Gasteiger charge is 2.60. The molecule has 3 saturated carbocycles. The predicted octanol–water partition coefficient (Wildman–Crippen LogP) is 5.00. The van der Waals surface area contributed by atoms with Gasteiger partial charge >= 0.3 is 0 Å². The molecule has 0 aromatic heterocycles. The molecule has 3 fully saturated rings. The number of hydrogen-bond acceptors (Lipinski definition) is 2. The zero-order valence-corrected chi connectivity index (χ0v) is 14.9. The van der Waals surface area contributed by atoms with Crippen LogP contribution in [0.1, 0.15) is 65.7 Å². The summed E-state index contributed by atoms with van der Waals surface area (Å²) < 4.78 is 0. The Labute approximate surface area is 140 Å². The van der Waals surface area contributed by atoms with Gasteiger partial charge in [-0.15, -0.1) is 0 Å². The van der Waals surface area contributed by atoms with Crippen LogP contribution in [-0.4, -0.2) is 16.3 Å². The standard InChI is InChI=1S/C21H32O2/c1-4-16-19(23)12-18-15-6-5-13-11-14(22)7-9-20(13,2)17(15)8-10-21(16,18)3/h7,11,15-19,22-23H,4-6,8-10,12H2,1-3H3/t15-,16+,17+,18+,19-,20+,21-/m1/s1. The first-order valence-electron chi connectivity index (χ1n) is 9.68. The molecule has 0 aliphatic heterocycles. The first kappa shape index (κ1) is 15.7. The molecule has 2 heteroatoms. The molecule has 0 saturated heterocycles. The summed E-state index contributed by atoms with van der Waals surface area (Å²) in [7, 11) is 0. The molecule has 0 radical (unpaired) electrons. The van der Waals surface area contributed by atoms with Crippen LogP contribution in [0.15, 0.2) is 23.5 Å². The zero-order chi connectivity index (χ0) is 16.4. The van der Waals surface area contributed by atoms with E-state index in [1.165, 1.54) is 24.8 Å². The lowest BCUT2D eigenvalue weighted by molar-refractivity contribution is -0.0494. The molecule has 7 atom stereocenters. The number of aliphatic hydroxyl groups is 2. The zero-order valence-electron chi connectivity index (χ0n) is 14.9. The van der Waals surface area contributed by atoms with E-state index in [0.717, 1.165) is 37.5 Å². The topological polar surface area (TPSA) is 40.5 Å². The second-order valence-corrected chi connectivity index (χ2v) is 9.20. The summed E-state index contributed by atoms with van der Waals surface area (Å²) in [5.41, 5.74) is 2.07. The molecule has 128 valence electrons. The first-order chi connectivity index (χ1) is 10.9. The van der Waals surface area contributed by atoms with Crippen molar-refractivity contribution < 1.29 is 10.2 Å². The highest BCUT2D eigenvalue weighted by atomic mass is 16.3. The van der Waals surface area contributed by atoms with E-state index in [4.69, 9.17) is 0 Å². The van der Waals surface area contributed by atoms with E-state index in [9.17, 15) is 10.2 Å². The first-order valence-corrected chi connectivity index (χ1v) is 9.68. The van der Waals surface area contributed by atoms with Gasteiger partial charge in [0.15, 0.2) is 0 Å². The molecule has 2 N–H and O–H groups in total. The fraction of sp³-hybridized carbons (Fsp3) is 0.810. The Hall–Kier alpha value is -0.760. The molecular weight excluding hydrogens is 284 g/mol.